The normalized spacial score (nSPS) is 17.8. The molecule has 0 bridgehead atoms. The first kappa shape index (κ1) is 15.0. The summed E-state index contributed by atoms with van der Waals surface area (Å²) >= 11 is 0. The maximum absolute atomic E-state index is 3.40. The molecule has 1 N–H and O–H groups in total. The molecule has 2 nitrogen and oxygen atoms in total. The van der Waals surface area contributed by atoms with E-state index in [0.717, 1.165) is 12.6 Å². The highest BCUT2D eigenvalue weighted by Gasteiger charge is 2.18. The molecule has 0 heterocycles. The lowest BCUT2D eigenvalue weighted by Crippen LogP contribution is -2.37. The Morgan fingerprint density at radius 2 is 1.76 bits per heavy atom. The quantitative estimate of drug-likeness (QED) is 0.621. The van der Waals surface area contributed by atoms with E-state index in [0.29, 0.717) is 0 Å². The predicted octanol–water partition coefficient (Wildman–Crippen LogP) is 3.42. The van der Waals surface area contributed by atoms with Crippen molar-refractivity contribution in [2.75, 3.05) is 26.2 Å². The molecule has 0 aliphatic heterocycles. The van der Waals surface area contributed by atoms with Crippen LogP contribution in [0.25, 0.3) is 0 Å². The van der Waals surface area contributed by atoms with Gasteiger partial charge in [-0.3, -0.25) is 0 Å². The molecule has 1 fully saturated rings. The highest BCUT2D eigenvalue weighted by molar-refractivity contribution is 4.75. The van der Waals surface area contributed by atoms with Gasteiger partial charge in [-0.1, -0.05) is 39.5 Å². The molecule has 0 saturated heterocycles. The van der Waals surface area contributed by atoms with Gasteiger partial charge in [0.2, 0.25) is 0 Å². The van der Waals surface area contributed by atoms with Crippen molar-refractivity contribution in [2.45, 2.75) is 71.3 Å². The van der Waals surface area contributed by atoms with Crippen LogP contribution in [0.4, 0.5) is 0 Å². The molecule has 1 aliphatic carbocycles. The fraction of sp³-hybridized carbons (Fsp3) is 1.00. The van der Waals surface area contributed by atoms with Crippen LogP contribution in [0.3, 0.4) is 0 Å². The molecule has 1 rings (SSSR count). The summed E-state index contributed by atoms with van der Waals surface area (Å²) in [6.45, 7) is 9.40. The SMILES string of the molecule is CCNCCCCCN(CC)C1CCCCC1. The molecule has 0 radical (unpaired) electrons. The van der Waals surface area contributed by atoms with Crippen LogP contribution >= 0.6 is 0 Å². The van der Waals surface area contributed by atoms with Crippen molar-refractivity contribution in [3.05, 3.63) is 0 Å². The van der Waals surface area contributed by atoms with Crippen molar-refractivity contribution in [1.82, 2.24) is 10.2 Å². The van der Waals surface area contributed by atoms with Gasteiger partial charge in [0.25, 0.3) is 0 Å². The van der Waals surface area contributed by atoms with Gasteiger partial charge in [-0.15, -0.1) is 0 Å². The average molecular weight is 240 g/mol. The molecule has 2 heteroatoms. The van der Waals surface area contributed by atoms with Crippen LogP contribution in [-0.4, -0.2) is 37.1 Å². The Balaban J connectivity index is 2.05. The Labute approximate surface area is 108 Å². The summed E-state index contributed by atoms with van der Waals surface area (Å²) < 4.78 is 0. The van der Waals surface area contributed by atoms with Gasteiger partial charge in [-0.05, 0) is 51.9 Å². The summed E-state index contributed by atoms with van der Waals surface area (Å²) in [5.74, 6) is 0. The van der Waals surface area contributed by atoms with E-state index in [-0.39, 0.29) is 0 Å². The third-order valence-corrected chi connectivity index (χ3v) is 4.05. The summed E-state index contributed by atoms with van der Waals surface area (Å²) in [4.78, 5) is 2.73. The number of unbranched alkanes of at least 4 members (excludes halogenated alkanes) is 2. The van der Waals surface area contributed by atoms with E-state index in [1.807, 2.05) is 0 Å². The van der Waals surface area contributed by atoms with E-state index >= 15 is 0 Å². The van der Waals surface area contributed by atoms with Crippen LogP contribution in [0.15, 0.2) is 0 Å². The largest absolute Gasteiger partial charge is 0.317 e. The molecule has 0 unspecified atom stereocenters. The standard InChI is InChI=1S/C15H32N2/c1-3-16-13-9-6-10-14-17(4-2)15-11-7-5-8-12-15/h15-16H,3-14H2,1-2H3. The van der Waals surface area contributed by atoms with E-state index in [9.17, 15) is 0 Å². The topological polar surface area (TPSA) is 15.3 Å². The molecular weight excluding hydrogens is 208 g/mol. The summed E-state index contributed by atoms with van der Waals surface area (Å²) in [6, 6.07) is 0.905. The van der Waals surface area contributed by atoms with Gasteiger partial charge < -0.3 is 10.2 Å². The number of nitrogens with one attached hydrogen (secondary N) is 1. The lowest BCUT2D eigenvalue weighted by molar-refractivity contribution is 0.160. The molecule has 102 valence electrons. The zero-order valence-corrected chi connectivity index (χ0v) is 12.0. The highest BCUT2D eigenvalue weighted by Crippen LogP contribution is 2.22. The van der Waals surface area contributed by atoms with Crippen LogP contribution in [0.2, 0.25) is 0 Å². The fourth-order valence-corrected chi connectivity index (χ4v) is 2.96. The van der Waals surface area contributed by atoms with Crippen molar-refractivity contribution in [3.63, 3.8) is 0 Å². The first-order chi connectivity index (χ1) is 8.38. The Kier molecular flexibility index (Phi) is 8.72. The van der Waals surface area contributed by atoms with Gasteiger partial charge in [0.1, 0.15) is 0 Å². The minimum absolute atomic E-state index is 0.905. The molecular formula is C15H32N2. The van der Waals surface area contributed by atoms with Crippen LogP contribution in [-0.2, 0) is 0 Å². The molecule has 1 aliphatic rings. The van der Waals surface area contributed by atoms with Crippen LogP contribution in [0.1, 0.15) is 65.2 Å². The second-order valence-corrected chi connectivity index (χ2v) is 5.33. The zero-order chi connectivity index (χ0) is 12.3. The summed E-state index contributed by atoms with van der Waals surface area (Å²) in [5, 5.41) is 3.40. The van der Waals surface area contributed by atoms with E-state index in [4.69, 9.17) is 0 Å². The minimum Gasteiger partial charge on any atom is -0.317 e. The Bertz CT molecular complexity index is 164. The molecule has 0 aromatic carbocycles. The monoisotopic (exact) mass is 240 g/mol. The van der Waals surface area contributed by atoms with Crippen LogP contribution < -0.4 is 5.32 Å². The van der Waals surface area contributed by atoms with E-state index in [1.165, 1.54) is 71.0 Å². The number of hydrogen-bond donors (Lipinski definition) is 1. The summed E-state index contributed by atoms with van der Waals surface area (Å²) in [6.07, 6.45) is 11.4. The van der Waals surface area contributed by atoms with Crippen molar-refractivity contribution in [3.8, 4) is 0 Å². The average Bonchev–Trinajstić information content (AvgIpc) is 2.39. The van der Waals surface area contributed by atoms with Crippen LogP contribution in [0.5, 0.6) is 0 Å². The van der Waals surface area contributed by atoms with E-state index in [2.05, 4.69) is 24.1 Å². The minimum atomic E-state index is 0.905. The molecule has 0 spiro atoms. The molecule has 17 heavy (non-hydrogen) atoms. The second-order valence-electron chi connectivity index (χ2n) is 5.33. The first-order valence-electron chi connectivity index (χ1n) is 7.83. The van der Waals surface area contributed by atoms with Gasteiger partial charge in [-0.2, -0.15) is 0 Å². The second kappa shape index (κ2) is 9.90. The van der Waals surface area contributed by atoms with Crippen molar-refractivity contribution in [2.24, 2.45) is 0 Å². The Morgan fingerprint density at radius 3 is 2.41 bits per heavy atom. The van der Waals surface area contributed by atoms with E-state index < -0.39 is 0 Å². The lowest BCUT2D eigenvalue weighted by Gasteiger charge is -2.33. The van der Waals surface area contributed by atoms with Gasteiger partial charge >= 0.3 is 0 Å². The van der Waals surface area contributed by atoms with Gasteiger partial charge in [0.05, 0.1) is 0 Å². The maximum Gasteiger partial charge on any atom is 0.00951 e. The van der Waals surface area contributed by atoms with Gasteiger partial charge in [0, 0.05) is 6.04 Å². The molecule has 0 amide bonds. The highest BCUT2D eigenvalue weighted by atomic mass is 15.1. The number of rotatable bonds is 9. The zero-order valence-electron chi connectivity index (χ0n) is 12.0. The third-order valence-electron chi connectivity index (χ3n) is 4.05. The smallest absolute Gasteiger partial charge is 0.00951 e. The maximum atomic E-state index is 3.40. The number of nitrogens with zero attached hydrogens (tertiary/aromatic N) is 1. The van der Waals surface area contributed by atoms with Crippen molar-refractivity contribution >= 4 is 0 Å². The molecule has 0 aromatic heterocycles. The fourth-order valence-electron chi connectivity index (χ4n) is 2.96. The van der Waals surface area contributed by atoms with E-state index in [1.54, 1.807) is 0 Å². The summed E-state index contributed by atoms with van der Waals surface area (Å²) in [7, 11) is 0. The summed E-state index contributed by atoms with van der Waals surface area (Å²) in [5.41, 5.74) is 0. The van der Waals surface area contributed by atoms with Crippen molar-refractivity contribution in [1.29, 1.82) is 0 Å². The van der Waals surface area contributed by atoms with Gasteiger partial charge in [-0.25, -0.2) is 0 Å². The molecule has 0 aromatic rings. The molecule has 0 atom stereocenters. The van der Waals surface area contributed by atoms with Gasteiger partial charge in [0.15, 0.2) is 0 Å². The van der Waals surface area contributed by atoms with Crippen LogP contribution in [0, 0.1) is 0 Å². The Morgan fingerprint density at radius 1 is 1.00 bits per heavy atom. The number of hydrogen-bond acceptors (Lipinski definition) is 2. The molecule has 1 saturated carbocycles. The first-order valence-corrected chi connectivity index (χ1v) is 7.83. The lowest BCUT2D eigenvalue weighted by atomic mass is 9.94. The van der Waals surface area contributed by atoms with Crippen molar-refractivity contribution < 1.29 is 0 Å². The third kappa shape index (κ3) is 6.42. The predicted molar refractivity (Wildman–Crippen MR) is 76.5 cm³/mol. The Hall–Kier alpha value is -0.0800.